The van der Waals surface area contributed by atoms with Crippen LogP contribution in [-0.2, 0) is 42.9 Å². The zero-order chi connectivity index (χ0) is 18.4. The number of carbonyl (C=O) groups is 4. The Morgan fingerprint density at radius 2 is 1.25 bits per heavy atom. The van der Waals surface area contributed by atoms with E-state index in [1.807, 2.05) is 0 Å². The number of hydrogen-bond donors (Lipinski definition) is 1. The summed E-state index contributed by atoms with van der Waals surface area (Å²) in [5.74, 6) is -2.87. The molecule has 0 aromatic heterocycles. The Bertz CT molecular complexity index is 502. The zero-order valence-corrected chi connectivity index (χ0v) is 13.7. The van der Waals surface area contributed by atoms with Crippen LogP contribution < -0.4 is 0 Å². The molecule has 10 nitrogen and oxygen atoms in total. The van der Waals surface area contributed by atoms with Crippen molar-refractivity contribution in [1.29, 1.82) is 0 Å². The Labute approximate surface area is 137 Å². The van der Waals surface area contributed by atoms with Gasteiger partial charge in [-0.1, -0.05) is 0 Å². The van der Waals surface area contributed by atoms with Gasteiger partial charge in [0, 0.05) is 27.7 Å². The van der Waals surface area contributed by atoms with E-state index in [4.69, 9.17) is 23.7 Å². The molecule has 1 N–H and O–H groups in total. The summed E-state index contributed by atoms with van der Waals surface area (Å²) in [6.07, 6.45) is -6.79. The second-order valence-corrected chi connectivity index (χ2v) is 5.09. The van der Waals surface area contributed by atoms with Gasteiger partial charge in [-0.25, -0.2) is 0 Å². The van der Waals surface area contributed by atoms with Crippen LogP contribution in [-0.4, -0.2) is 66.3 Å². The molecule has 1 heterocycles. The molecule has 2 unspecified atom stereocenters. The van der Waals surface area contributed by atoms with Crippen LogP contribution in [0.5, 0.6) is 0 Å². The van der Waals surface area contributed by atoms with Crippen LogP contribution in [0.4, 0.5) is 0 Å². The van der Waals surface area contributed by atoms with Crippen LogP contribution in [0, 0.1) is 0 Å². The van der Waals surface area contributed by atoms with Gasteiger partial charge in [-0.3, -0.25) is 19.2 Å². The zero-order valence-electron chi connectivity index (χ0n) is 13.7. The number of hydrogen-bond acceptors (Lipinski definition) is 10. The van der Waals surface area contributed by atoms with E-state index < -0.39 is 54.6 Å². The Morgan fingerprint density at radius 1 is 0.792 bits per heavy atom. The molecule has 0 aliphatic carbocycles. The van der Waals surface area contributed by atoms with E-state index in [9.17, 15) is 24.3 Å². The molecule has 5 atom stereocenters. The first-order valence-corrected chi connectivity index (χ1v) is 7.10. The fourth-order valence-electron chi connectivity index (χ4n) is 2.21. The van der Waals surface area contributed by atoms with Gasteiger partial charge in [0.2, 0.25) is 0 Å². The van der Waals surface area contributed by atoms with Gasteiger partial charge in [-0.2, -0.15) is 0 Å². The molecule has 1 saturated heterocycles. The normalized spacial score (nSPS) is 29.3. The van der Waals surface area contributed by atoms with Crippen LogP contribution in [0.15, 0.2) is 0 Å². The van der Waals surface area contributed by atoms with Crippen LogP contribution >= 0.6 is 0 Å². The highest BCUT2D eigenvalue weighted by Crippen LogP contribution is 2.28. The van der Waals surface area contributed by atoms with Crippen molar-refractivity contribution in [2.45, 2.75) is 58.4 Å². The Kier molecular flexibility index (Phi) is 7.11. The Balaban J connectivity index is 3.11. The van der Waals surface area contributed by atoms with Gasteiger partial charge >= 0.3 is 23.9 Å². The fraction of sp³-hybridized carbons (Fsp3) is 0.714. The highest BCUT2D eigenvalue weighted by atomic mass is 16.7. The van der Waals surface area contributed by atoms with Gasteiger partial charge in [0.05, 0.1) is 0 Å². The lowest BCUT2D eigenvalue weighted by Crippen LogP contribution is -2.62. The summed E-state index contributed by atoms with van der Waals surface area (Å²) in [6, 6.07) is 0. The van der Waals surface area contributed by atoms with E-state index in [0.29, 0.717) is 0 Å². The maximum absolute atomic E-state index is 11.3. The quantitative estimate of drug-likeness (QED) is 0.490. The summed E-state index contributed by atoms with van der Waals surface area (Å²) >= 11 is 0. The third kappa shape index (κ3) is 5.78. The first kappa shape index (κ1) is 19.8. The standard InChI is InChI=1S/C14H20O10/c1-6(15)20-5-10-11(21-7(2)16)12(22-8(3)17)13(14(19)24-10)23-9(4)18/h10-14,19H,5H2,1-4H3/t10-,11?,12+,13?,14-/m1/s1. The summed E-state index contributed by atoms with van der Waals surface area (Å²) in [5.41, 5.74) is 0. The van der Waals surface area contributed by atoms with Crippen LogP contribution in [0.2, 0.25) is 0 Å². The summed E-state index contributed by atoms with van der Waals surface area (Å²) in [6.45, 7) is 4.09. The molecule has 0 saturated carbocycles. The molecule has 1 rings (SSSR count). The van der Waals surface area contributed by atoms with E-state index in [-0.39, 0.29) is 6.61 Å². The van der Waals surface area contributed by atoms with E-state index in [2.05, 4.69) is 0 Å². The molecule has 10 heteroatoms. The molecule has 0 bridgehead atoms. The maximum Gasteiger partial charge on any atom is 0.303 e. The van der Waals surface area contributed by atoms with E-state index in [1.54, 1.807) is 0 Å². The number of carbonyl (C=O) groups excluding carboxylic acids is 4. The second-order valence-electron chi connectivity index (χ2n) is 5.09. The molecular weight excluding hydrogens is 328 g/mol. The molecule has 24 heavy (non-hydrogen) atoms. The highest BCUT2D eigenvalue weighted by Gasteiger charge is 2.51. The fourth-order valence-corrected chi connectivity index (χ4v) is 2.21. The topological polar surface area (TPSA) is 135 Å². The van der Waals surface area contributed by atoms with Gasteiger partial charge in [-0.15, -0.1) is 0 Å². The minimum atomic E-state index is -1.68. The minimum absolute atomic E-state index is 0.366. The molecule has 0 spiro atoms. The maximum atomic E-state index is 11.3. The first-order chi connectivity index (χ1) is 11.1. The number of aliphatic hydroxyl groups excluding tert-OH is 1. The summed E-state index contributed by atoms with van der Waals surface area (Å²) in [4.78, 5) is 44.9. The average molecular weight is 348 g/mol. The first-order valence-electron chi connectivity index (χ1n) is 7.10. The smallest absolute Gasteiger partial charge is 0.303 e. The molecule has 0 aromatic rings. The number of rotatable bonds is 5. The molecule has 136 valence electrons. The Hall–Kier alpha value is -2.20. The summed E-state index contributed by atoms with van der Waals surface area (Å²) < 4.78 is 25.0. The predicted molar refractivity (Wildman–Crippen MR) is 74.2 cm³/mol. The van der Waals surface area contributed by atoms with Crippen molar-refractivity contribution in [1.82, 2.24) is 0 Å². The summed E-state index contributed by atoms with van der Waals surface area (Å²) in [5, 5.41) is 10.0. The van der Waals surface area contributed by atoms with Crippen molar-refractivity contribution in [3.63, 3.8) is 0 Å². The van der Waals surface area contributed by atoms with Crippen molar-refractivity contribution in [3.05, 3.63) is 0 Å². The van der Waals surface area contributed by atoms with E-state index in [0.717, 1.165) is 27.7 Å². The van der Waals surface area contributed by atoms with Gasteiger partial charge < -0.3 is 28.8 Å². The van der Waals surface area contributed by atoms with Crippen LogP contribution in [0.1, 0.15) is 27.7 Å². The average Bonchev–Trinajstić information content (AvgIpc) is 2.42. The third-order valence-electron chi connectivity index (χ3n) is 2.97. The van der Waals surface area contributed by atoms with Crippen molar-refractivity contribution >= 4 is 23.9 Å². The highest BCUT2D eigenvalue weighted by molar-refractivity contribution is 5.68. The lowest BCUT2D eigenvalue weighted by atomic mass is 9.98. The molecule has 0 radical (unpaired) electrons. The van der Waals surface area contributed by atoms with Crippen molar-refractivity contribution in [3.8, 4) is 0 Å². The van der Waals surface area contributed by atoms with E-state index in [1.165, 1.54) is 0 Å². The van der Waals surface area contributed by atoms with Crippen LogP contribution in [0.25, 0.3) is 0 Å². The van der Waals surface area contributed by atoms with Crippen molar-refractivity contribution in [2.75, 3.05) is 6.61 Å². The number of esters is 4. The Morgan fingerprint density at radius 3 is 1.71 bits per heavy atom. The third-order valence-corrected chi connectivity index (χ3v) is 2.97. The number of ether oxygens (including phenoxy) is 5. The molecule has 0 amide bonds. The van der Waals surface area contributed by atoms with Gasteiger partial charge in [-0.05, 0) is 0 Å². The molecule has 0 aromatic carbocycles. The molecule has 1 aliphatic rings. The minimum Gasteiger partial charge on any atom is -0.463 e. The largest absolute Gasteiger partial charge is 0.463 e. The molecular formula is C14H20O10. The second kappa shape index (κ2) is 8.60. The SMILES string of the molecule is CC(=O)OC[C@H]1O[C@@H](O)C(OC(C)=O)[C@@H](OC(C)=O)C1OC(C)=O. The lowest BCUT2D eigenvalue weighted by Gasteiger charge is -2.42. The van der Waals surface area contributed by atoms with Gasteiger partial charge in [0.1, 0.15) is 12.7 Å². The monoisotopic (exact) mass is 348 g/mol. The van der Waals surface area contributed by atoms with Crippen molar-refractivity contribution < 1.29 is 48.0 Å². The van der Waals surface area contributed by atoms with Crippen LogP contribution in [0.3, 0.4) is 0 Å². The number of aliphatic hydroxyl groups is 1. The predicted octanol–water partition coefficient (Wildman–Crippen LogP) is -0.938. The summed E-state index contributed by atoms with van der Waals surface area (Å²) in [7, 11) is 0. The molecule has 1 fully saturated rings. The van der Waals surface area contributed by atoms with Gasteiger partial charge in [0.25, 0.3) is 0 Å². The lowest BCUT2D eigenvalue weighted by molar-refractivity contribution is -0.296. The van der Waals surface area contributed by atoms with Gasteiger partial charge in [0.15, 0.2) is 24.6 Å². The van der Waals surface area contributed by atoms with E-state index >= 15 is 0 Å². The van der Waals surface area contributed by atoms with Crippen molar-refractivity contribution in [2.24, 2.45) is 0 Å². The molecule has 1 aliphatic heterocycles.